The van der Waals surface area contributed by atoms with Crippen molar-refractivity contribution in [2.75, 3.05) is 13.6 Å². The Balaban J connectivity index is 1.47. The van der Waals surface area contributed by atoms with Gasteiger partial charge in [-0.25, -0.2) is 4.98 Å². The van der Waals surface area contributed by atoms with Crippen LogP contribution < -0.4 is 10.6 Å². The van der Waals surface area contributed by atoms with Gasteiger partial charge in [-0.3, -0.25) is 4.99 Å². The molecule has 25 heavy (non-hydrogen) atoms. The van der Waals surface area contributed by atoms with Crippen molar-refractivity contribution < 1.29 is 0 Å². The second-order valence-corrected chi connectivity index (χ2v) is 7.25. The summed E-state index contributed by atoms with van der Waals surface area (Å²) in [7, 11) is 1.79. The molecule has 0 spiro atoms. The van der Waals surface area contributed by atoms with Gasteiger partial charge in [-0.2, -0.15) is 0 Å². The molecule has 2 aromatic heterocycles. The number of guanidine groups is 1. The van der Waals surface area contributed by atoms with Crippen LogP contribution in [0.15, 0.2) is 40.7 Å². The zero-order valence-electron chi connectivity index (χ0n) is 15.0. The van der Waals surface area contributed by atoms with E-state index in [2.05, 4.69) is 75.2 Å². The van der Waals surface area contributed by atoms with Gasteiger partial charge in [0.15, 0.2) is 5.96 Å². The van der Waals surface area contributed by atoms with Crippen LogP contribution in [0.1, 0.15) is 36.2 Å². The molecule has 1 aromatic carbocycles. The number of hydrogen-bond acceptors (Lipinski definition) is 3. The summed E-state index contributed by atoms with van der Waals surface area (Å²) in [5, 5.41) is 11.2. The summed E-state index contributed by atoms with van der Waals surface area (Å²) >= 11 is 1.69. The summed E-state index contributed by atoms with van der Waals surface area (Å²) < 4.78 is 0. The van der Waals surface area contributed by atoms with Crippen LogP contribution in [0.3, 0.4) is 0 Å². The van der Waals surface area contributed by atoms with E-state index in [1.807, 2.05) is 0 Å². The number of aliphatic imine (C=N–C) groups is 1. The first-order chi connectivity index (χ1) is 12.2. The molecule has 0 saturated heterocycles. The summed E-state index contributed by atoms with van der Waals surface area (Å²) in [4.78, 5) is 12.4. The van der Waals surface area contributed by atoms with E-state index in [-0.39, 0.29) is 0 Å². The second-order valence-electron chi connectivity index (χ2n) is 6.31. The fraction of sp³-hybridized carbons (Fsp3) is 0.368. The number of nitrogens with one attached hydrogen (secondary N) is 3. The predicted molar refractivity (Wildman–Crippen MR) is 106 cm³/mol. The molecule has 0 bridgehead atoms. The number of benzene rings is 1. The van der Waals surface area contributed by atoms with Crippen LogP contribution in [0.4, 0.5) is 0 Å². The third-order valence-corrected chi connectivity index (χ3v) is 4.93. The molecule has 132 valence electrons. The minimum atomic E-state index is 0.471. The molecule has 0 saturated carbocycles. The lowest BCUT2D eigenvalue weighted by Gasteiger charge is -2.10. The van der Waals surface area contributed by atoms with Gasteiger partial charge in [0.05, 0.1) is 12.2 Å². The zero-order valence-corrected chi connectivity index (χ0v) is 15.8. The highest BCUT2D eigenvalue weighted by molar-refractivity contribution is 7.09. The summed E-state index contributed by atoms with van der Waals surface area (Å²) in [5.41, 5.74) is 3.57. The van der Waals surface area contributed by atoms with Crippen LogP contribution in [0, 0.1) is 0 Å². The maximum atomic E-state index is 4.64. The van der Waals surface area contributed by atoms with E-state index in [1.165, 1.54) is 16.6 Å². The highest BCUT2D eigenvalue weighted by Crippen LogP contribution is 2.17. The Morgan fingerprint density at radius 1 is 1.28 bits per heavy atom. The number of rotatable bonds is 6. The highest BCUT2D eigenvalue weighted by atomic mass is 32.1. The molecule has 5 nitrogen and oxygen atoms in total. The van der Waals surface area contributed by atoms with Crippen molar-refractivity contribution >= 4 is 28.2 Å². The fourth-order valence-electron chi connectivity index (χ4n) is 2.64. The van der Waals surface area contributed by atoms with Gasteiger partial charge in [0, 0.05) is 36.6 Å². The van der Waals surface area contributed by atoms with Crippen molar-refractivity contribution in [2.45, 2.75) is 32.7 Å². The van der Waals surface area contributed by atoms with Crippen LogP contribution in [0.25, 0.3) is 10.9 Å². The van der Waals surface area contributed by atoms with Gasteiger partial charge < -0.3 is 15.6 Å². The molecule has 0 amide bonds. The average molecular weight is 356 g/mol. The molecule has 3 N–H and O–H groups in total. The number of aromatic nitrogens is 2. The molecule has 0 unspecified atom stereocenters. The number of nitrogens with zero attached hydrogens (tertiary/aromatic N) is 2. The van der Waals surface area contributed by atoms with E-state index in [4.69, 9.17) is 0 Å². The van der Waals surface area contributed by atoms with Crippen molar-refractivity contribution in [3.63, 3.8) is 0 Å². The van der Waals surface area contributed by atoms with E-state index in [0.717, 1.165) is 29.6 Å². The molecule has 0 aliphatic carbocycles. The Hall–Kier alpha value is -2.34. The SMILES string of the molecule is CN=C(NCCc1cc2ccccc2[nH]1)NCc1nc(C(C)C)cs1. The summed E-state index contributed by atoms with van der Waals surface area (Å²) in [6, 6.07) is 10.5. The number of fused-ring (bicyclic) bond motifs is 1. The number of para-hydroxylation sites is 1. The van der Waals surface area contributed by atoms with Crippen LogP contribution in [0.5, 0.6) is 0 Å². The Morgan fingerprint density at radius 3 is 2.84 bits per heavy atom. The minimum absolute atomic E-state index is 0.471. The number of H-pyrrole nitrogens is 1. The molecule has 3 rings (SSSR count). The average Bonchev–Trinajstić information content (AvgIpc) is 3.24. The van der Waals surface area contributed by atoms with Crippen LogP contribution in [-0.2, 0) is 13.0 Å². The molecular formula is C19H25N5S. The summed E-state index contributed by atoms with van der Waals surface area (Å²) in [6.07, 6.45) is 0.921. The minimum Gasteiger partial charge on any atom is -0.358 e. The van der Waals surface area contributed by atoms with Gasteiger partial charge in [0.1, 0.15) is 5.01 Å². The van der Waals surface area contributed by atoms with Gasteiger partial charge >= 0.3 is 0 Å². The third kappa shape index (κ3) is 4.60. The van der Waals surface area contributed by atoms with E-state index in [9.17, 15) is 0 Å². The zero-order chi connectivity index (χ0) is 17.6. The number of hydrogen-bond donors (Lipinski definition) is 3. The van der Waals surface area contributed by atoms with Crippen LogP contribution in [0.2, 0.25) is 0 Å². The van der Waals surface area contributed by atoms with Crippen molar-refractivity contribution in [3.8, 4) is 0 Å². The predicted octanol–water partition coefficient (Wildman–Crippen LogP) is 3.66. The van der Waals surface area contributed by atoms with Crippen molar-refractivity contribution in [2.24, 2.45) is 4.99 Å². The quantitative estimate of drug-likeness (QED) is 0.467. The Morgan fingerprint density at radius 2 is 2.12 bits per heavy atom. The van der Waals surface area contributed by atoms with Crippen molar-refractivity contribution in [1.82, 2.24) is 20.6 Å². The van der Waals surface area contributed by atoms with Gasteiger partial charge in [-0.05, 0) is 23.4 Å². The molecule has 0 atom stereocenters. The Kier molecular flexibility index (Phi) is 5.71. The lowest BCUT2D eigenvalue weighted by Crippen LogP contribution is -2.37. The van der Waals surface area contributed by atoms with Crippen molar-refractivity contribution in [1.29, 1.82) is 0 Å². The lowest BCUT2D eigenvalue weighted by atomic mass is 10.2. The molecule has 0 fully saturated rings. The second kappa shape index (κ2) is 8.16. The van der Waals surface area contributed by atoms with Crippen molar-refractivity contribution in [3.05, 3.63) is 52.1 Å². The maximum Gasteiger partial charge on any atom is 0.191 e. The van der Waals surface area contributed by atoms with Crippen LogP contribution in [-0.4, -0.2) is 29.5 Å². The molecule has 3 aromatic rings. The van der Waals surface area contributed by atoms with E-state index < -0.39 is 0 Å². The monoisotopic (exact) mass is 355 g/mol. The molecular weight excluding hydrogens is 330 g/mol. The van der Waals surface area contributed by atoms with E-state index in [1.54, 1.807) is 18.4 Å². The highest BCUT2D eigenvalue weighted by Gasteiger charge is 2.06. The van der Waals surface area contributed by atoms with Gasteiger partial charge in [0.2, 0.25) is 0 Å². The fourth-order valence-corrected chi connectivity index (χ4v) is 3.53. The molecule has 0 aliphatic rings. The lowest BCUT2D eigenvalue weighted by molar-refractivity contribution is 0.774. The molecule has 0 radical (unpaired) electrons. The molecule has 0 aliphatic heterocycles. The van der Waals surface area contributed by atoms with Gasteiger partial charge in [0.25, 0.3) is 0 Å². The Bertz CT molecular complexity index is 813. The smallest absolute Gasteiger partial charge is 0.191 e. The van der Waals surface area contributed by atoms with E-state index in [0.29, 0.717) is 12.5 Å². The standard InChI is InChI=1S/C19H25N5S/c1-13(2)17-12-25-18(24-17)11-22-19(20-3)21-9-8-15-10-14-6-4-5-7-16(14)23-15/h4-7,10,12-13,23H,8-9,11H2,1-3H3,(H2,20,21,22). The number of aromatic amines is 1. The summed E-state index contributed by atoms with van der Waals surface area (Å²) in [5.74, 6) is 1.27. The van der Waals surface area contributed by atoms with Crippen LogP contribution >= 0.6 is 11.3 Å². The molecule has 6 heteroatoms. The van der Waals surface area contributed by atoms with Gasteiger partial charge in [-0.15, -0.1) is 11.3 Å². The number of thiazole rings is 1. The van der Waals surface area contributed by atoms with E-state index >= 15 is 0 Å². The topological polar surface area (TPSA) is 65.1 Å². The Labute approximate surface area is 152 Å². The maximum absolute atomic E-state index is 4.64. The summed E-state index contributed by atoms with van der Waals surface area (Å²) in [6.45, 7) is 5.85. The normalized spacial score (nSPS) is 12.1. The first-order valence-corrected chi connectivity index (χ1v) is 9.49. The van der Waals surface area contributed by atoms with Gasteiger partial charge in [-0.1, -0.05) is 32.0 Å². The first kappa shape index (κ1) is 17.5. The molecule has 2 heterocycles. The largest absolute Gasteiger partial charge is 0.358 e. The first-order valence-electron chi connectivity index (χ1n) is 8.61. The third-order valence-electron chi connectivity index (χ3n) is 4.06.